The quantitative estimate of drug-likeness (QED) is 0.588. The highest BCUT2D eigenvalue weighted by Gasteiger charge is 2.27. The number of carbonyl (C=O) groups excluding carboxylic acids is 2. The summed E-state index contributed by atoms with van der Waals surface area (Å²) in [5, 5.41) is 3.79. The molecule has 0 radical (unpaired) electrons. The number of nitrogens with one attached hydrogen (secondary N) is 1. The second-order valence-corrected chi connectivity index (χ2v) is 8.13. The van der Waals surface area contributed by atoms with Gasteiger partial charge in [0.1, 0.15) is 11.8 Å². The molecule has 5 nitrogen and oxygen atoms in total. The van der Waals surface area contributed by atoms with Crippen molar-refractivity contribution in [3.05, 3.63) is 63.1 Å². The summed E-state index contributed by atoms with van der Waals surface area (Å²) in [5.74, 6) is 0.124. The number of aryl methyl sites for hydroxylation is 2. The summed E-state index contributed by atoms with van der Waals surface area (Å²) < 4.78 is 5.78. The van der Waals surface area contributed by atoms with Gasteiger partial charge in [0.15, 0.2) is 6.61 Å². The SMILES string of the molecule is CCCNC(=O)[C@@H](C)N(Cc1ccc(Cl)cc1Cl)C(=O)COc1cc(C)ccc1C. The molecule has 0 aliphatic heterocycles. The number of halogens is 2. The van der Waals surface area contributed by atoms with Crippen molar-refractivity contribution in [2.45, 2.75) is 46.7 Å². The van der Waals surface area contributed by atoms with E-state index in [1.807, 2.05) is 39.0 Å². The van der Waals surface area contributed by atoms with Gasteiger partial charge < -0.3 is 15.0 Å². The van der Waals surface area contributed by atoms with Crippen LogP contribution >= 0.6 is 23.2 Å². The van der Waals surface area contributed by atoms with Crippen molar-refractivity contribution in [2.24, 2.45) is 0 Å². The number of hydrogen-bond acceptors (Lipinski definition) is 3. The Morgan fingerprint density at radius 3 is 2.53 bits per heavy atom. The topological polar surface area (TPSA) is 58.6 Å². The van der Waals surface area contributed by atoms with Gasteiger partial charge in [0.25, 0.3) is 5.91 Å². The van der Waals surface area contributed by atoms with E-state index in [-0.39, 0.29) is 25.0 Å². The largest absolute Gasteiger partial charge is 0.483 e. The highest BCUT2D eigenvalue weighted by atomic mass is 35.5. The summed E-state index contributed by atoms with van der Waals surface area (Å²) in [4.78, 5) is 27.1. The molecule has 2 aromatic carbocycles. The first-order valence-corrected chi connectivity index (χ1v) is 10.7. The second kappa shape index (κ2) is 11.2. The van der Waals surface area contributed by atoms with E-state index in [9.17, 15) is 9.59 Å². The fraction of sp³-hybridized carbons (Fsp3) is 0.391. The first-order valence-electron chi connectivity index (χ1n) is 9.94. The number of rotatable bonds is 9. The van der Waals surface area contributed by atoms with Gasteiger partial charge in [0.05, 0.1) is 0 Å². The molecule has 0 unspecified atom stereocenters. The molecule has 7 heteroatoms. The minimum atomic E-state index is -0.682. The Kier molecular flexibility index (Phi) is 9.00. The van der Waals surface area contributed by atoms with Crippen molar-refractivity contribution < 1.29 is 14.3 Å². The predicted molar refractivity (Wildman–Crippen MR) is 121 cm³/mol. The number of hydrogen-bond donors (Lipinski definition) is 1. The molecule has 1 N–H and O–H groups in total. The molecule has 162 valence electrons. The first kappa shape index (κ1) is 24.0. The zero-order valence-electron chi connectivity index (χ0n) is 17.8. The van der Waals surface area contributed by atoms with Crippen LogP contribution in [0.1, 0.15) is 37.0 Å². The summed E-state index contributed by atoms with van der Waals surface area (Å²) in [6.07, 6.45) is 0.811. The fourth-order valence-electron chi connectivity index (χ4n) is 2.90. The van der Waals surface area contributed by atoms with Gasteiger partial charge in [-0.1, -0.05) is 48.3 Å². The lowest BCUT2D eigenvalue weighted by molar-refractivity contribution is -0.142. The fourth-order valence-corrected chi connectivity index (χ4v) is 3.37. The van der Waals surface area contributed by atoms with E-state index in [0.717, 1.165) is 17.5 Å². The van der Waals surface area contributed by atoms with E-state index in [4.69, 9.17) is 27.9 Å². The molecule has 2 aromatic rings. The Bertz CT molecular complexity index is 902. The average Bonchev–Trinajstić information content (AvgIpc) is 2.71. The van der Waals surface area contributed by atoms with Gasteiger partial charge in [0.2, 0.25) is 5.91 Å². The molecule has 2 rings (SSSR count). The maximum absolute atomic E-state index is 13.1. The van der Waals surface area contributed by atoms with Crippen molar-refractivity contribution >= 4 is 35.0 Å². The molecule has 1 atom stereocenters. The molecule has 0 saturated carbocycles. The standard InChI is InChI=1S/C23H28Cl2N2O3/c1-5-10-26-23(29)17(4)27(13-18-8-9-19(24)12-20(18)25)22(28)14-30-21-11-15(2)6-7-16(21)3/h6-9,11-12,17H,5,10,13-14H2,1-4H3,(H,26,29)/t17-/m1/s1. The lowest BCUT2D eigenvalue weighted by atomic mass is 10.1. The van der Waals surface area contributed by atoms with Crippen LogP contribution in [-0.4, -0.2) is 35.9 Å². The zero-order chi connectivity index (χ0) is 22.3. The third kappa shape index (κ3) is 6.64. The Balaban J connectivity index is 2.21. The van der Waals surface area contributed by atoms with Crippen LogP contribution in [0.15, 0.2) is 36.4 Å². The number of nitrogens with zero attached hydrogens (tertiary/aromatic N) is 1. The van der Waals surface area contributed by atoms with Crippen LogP contribution in [0.5, 0.6) is 5.75 Å². The first-order chi connectivity index (χ1) is 14.2. The Labute approximate surface area is 188 Å². The summed E-state index contributed by atoms with van der Waals surface area (Å²) in [5.41, 5.74) is 2.69. The van der Waals surface area contributed by atoms with E-state index in [0.29, 0.717) is 27.9 Å². The Hall–Kier alpha value is -2.24. The van der Waals surface area contributed by atoms with Crippen LogP contribution in [0.2, 0.25) is 10.0 Å². The average molecular weight is 451 g/mol. The second-order valence-electron chi connectivity index (χ2n) is 7.28. The minimum absolute atomic E-state index is 0.172. The molecular formula is C23H28Cl2N2O3. The van der Waals surface area contributed by atoms with Gasteiger partial charge in [-0.2, -0.15) is 0 Å². The van der Waals surface area contributed by atoms with Gasteiger partial charge in [0, 0.05) is 23.1 Å². The summed E-state index contributed by atoms with van der Waals surface area (Å²) in [7, 11) is 0. The van der Waals surface area contributed by atoms with E-state index in [1.165, 1.54) is 4.90 Å². The molecule has 0 aliphatic rings. The zero-order valence-corrected chi connectivity index (χ0v) is 19.3. The van der Waals surface area contributed by atoms with Gasteiger partial charge >= 0.3 is 0 Å². The molecular weight excluding hydrogens is 423 g/mol. The number of benzene rings is 2. The molecule has 2 amide bonds. The van der Waals surface area contributed by atoms with Crippen LogP contribution in [0, 0.1) is 13.8 Å². The van der Waals surface area contributed by atoms with E-state index < -0.39 is 6.04 Å². The van der Waals surface area contributed by atoms with Crippen LogP contribution in [0.4, 0.5) is 0 Å². The highest BCUT2D eigenvalue weighted by Crippen LogP contribution is 2.24. The van der Waals surface area contributed by atoms with E-state index >= 15 is 0 Å². The molecule has 0 spiro atoms. The van der Waals surface area contributed by atoms with E-state index in [1.54, 1.807) is 25.1 Å². The monoisotopic (exact) mass is 450 g/mol. The molecule has 30 heavy (non-hydrogen) atoms. The normalized spacial score (nSPS) is 11.7. The summed E-state index contributed by atoms with van der Waals surface area (Å²) >= 11 is 12.3. The predicted octanol–water partition coefficient (Wildman–Crippen LogP) is 4.93. The van der Waals surface area contributed by atoms with Crippen LogP contribution in [-0.2, 0) is 16.1 Å². The maximum atomic E-state index is 13.1. The molecule has 0 aromatic heterocycles. The maximum Gasteiger partial charge on any atom is 0.261 e. The molecule has 0 fully saturated rings. The third-order valence-corrected chi connectivity index (χ3v) is 5.35. The van der Waals surface area contributed by atoms with Crippen LogP contribution in [0.25, 0.3) is 0 Å². The van der Waals surface area contributed by atoms with Gasteiger partial charge in [-0.05, 0) is 62.1 Å². The lowest BCUT2D eigenvalue weighted by Gasteiger charge is -2.29. The van der Waals surface area contributed by atoms with Gasteiger partial charge in [-0.15, -0.1) is 0 Å². The minimum Gasteiger partial charge on any atom is -0.483 e. The van der Waals surface area contributed by atoms with Crippen molar-refractivity contribution in [1.82, 2.24) is 10.2 Å². The molecule has 0 bridgehead atoms. The highest BCUT2D eigenvalue weighted by molar-refractivity contribution is 6.35. The smallest absolute Gasteiger partial charge is 0.261 e. The van der Waals surface area contributed by atoms with Crippen molar-refractivity contribution in [3.63, 3.8) is 0 Å². The summed E-state index contributed by atoms with van der Waals surface area (Å²) in [6, 6.07) is 10.2. The Morgan fingerprint density at radius 2 is 1.87 bits per heavy atom. The molecule has 0 saturated heterocycles. The van der Waals surface area contributed by atoms with Crippen molar-refractivity contribution in [3.8, 4) is 5.75 Å². The lowest BCUT2D eigenvalue weighted by Crippen LogP contribution is -2.49. The van der Waals surface area contributed by atoms with Crippen LogP contribution < -0.4 is 10.1 Å². The van der Waals surface area contributed by atoms with Crippen LogP contribution in [0.3, 0.4) is 0 Å². The molecule has 0 aliphatic carbocycles. The third-order valence-electron chi connectivity index (χ3n) is 4.77. The number of carbonyl (C=O) groups is 2. The van der Waals surface area contributed by atoms with Gasteiger partial charge in [-0.25, -0.2) is 0 Å². The number of ether oxygens (including phenoxy) is 1. The molecule has 0 heterocycles. The summed E-state index contributed by atoms with van der Waals surface area (Å²) in [6.45, 7) is 8.09. The Morgan fingerprint density at radius 1 is 1.13 bits per heavy atom. The van der Waals surface area contributed by atoms with Crippen molar-refractivity contribution in [2.75, 3.05) is 13.2 Å². The van der Waals surface area contributed by atoms with E-state index in [2.05, 4.69) is 5.32 Å². The van der Waals surface area contributed by atoms with Crippen molar-refractivity contribution in [1.29, 1.82) is 0 Å². The number of amides is 2. The van der Waals surface area contributed by atoms with Gasteiger partial charge in [-0.3, -0.25) is 9.59 Å².